The second kappa shape index (κ2) is 4.14. The summed E-state index contributed by atoms with van der Waals surface area (Å²) < 4.78 is 16.2. The molecule has 3 rings (SSSR count). The van der Waals surface area contributed by atoms with Gasteiger partial charge in [0, 0.05) is 0 Å². The summed E-state index contributed by atoms with van der Waals surface area (Å²) in [5.41, 5.74) is 0. The van der Waals surface area contributed by atoms with Gasteiger partial charge in [-0.15, -0.1) is 0 Å². The minimum absolute atomic E-state index is 0.441. The van der Waals surface area contributed by atoms with E-state index in [1.165, 1.54) is 22.5 Å². The van der Waals surface area contributed by atoms with E-state index in [1.54, 1.807) is 18.8 Å². The van der Waals surface area contributed by atoms with Gasteiger partial charge >= 0.3 is 112 Å². The quantitative estimate of drug-likeness (QED) is 0.693. The fraction of sp³-hybridized carbons (Fsp3) is 0.0769. The van der Waals surface area contributed by atoms with Crippen molar-refractivity contribution in [1.29, 1.82) is 0 Å². The molecule has 0 amide bonds. The van der Waals surface area contributed by atoms with Crippen LogP contribution in [0.2, 0.25) is 0 Å². The maximum absolute atomic E-state index is 5.55. The van der Waals surface area contributed by atoms with Gasteiger partial charge in [0.25, 0.3) is 0 Å². The molecule has 17 heavy (non-hydrogen) atoms. The molecule has 3 radical (unpaired) electrons. The molecular formula is C13H9O3Sn. The summed E-state index contributed by atoms with van der Waals surface area (Å²) in [6.45, 7) is 0. The monoisotopic (exact) mass is 333 g/mol. The van der Waals surface area contributed by atoms with Gasteiger partial charge in [-0.1, -0.05) is 0 Å². The fourth-order valence-corrected chi connectivity index (χ4v) is 3.06. The van der Waals surface area contributed by atoms with E-state index < -0.39 is 3.43 Å². The molecule has 0 aliphatic heterocycles. The zero-order valence-electron chi connectivity index (χ0n) is 8.92. The molecule has 3 heterocycles. The van der Waals surface area contributed by atoms with Gasteiger partial charge in [-0.3, -0.25) is 0 Å². The van der Waals surface area contributed by atoms with Gasteiger partial charge in [0.2, 0.25) is 0 Å². The second-order valence-electron chi connectivity index (χ2n) is 3.68. The van der Waals surface area contributed by atoms with Crippen molar-refractivity contribution >= 4 is 22.5 Å². The summed E-state index contributed by atoms with van der Waals surface area (Å²) >= 11 is 1.23. The van der Waals surface area contributed by atoms with Crippen LogP contribution in [-0.4, -0.2) is 22.5 Å². The molecule has 0 unspecified atom stereocenters. The third-order valence-electron chi connectivity index (χ3n) is 2.67. The van der Waals surface area contributed by atoms with Crippen LogP contribution in [0, 0.1) is 0 Å². The molecule has 0 fully saturated rings. The van der Waals surface area contributed by atoms with Crippen LogP contribution in [0.15, 0.2) is 68.4 Å². The van der Waals surface area contributed by atoms with E-state index in [0.29, 0.717) is 0 Å². The van der Waals surface area contributed by atoms with Crippen molar-refractivity contribution in [1.82, 2.24) is 0 Å². The summed E-state index contributed by atoms with van der Waals surface area (Å²) in [5, 5.41) is 0. The Labute approximate surface area is 112 Å². The number of hydrogen-bond acceptors (Lipinski definition) is 3. The van der Waals surface area contributed by atoms with Gasteiger partial charge < -0.3 is 0 Å². The van der Waals surface area contributed by atoms with Gasteiger partial charge in [-0.25, -0.2) is 0 Å². The molecule has 0 saturated heterocycles. The minimum atomic E-state index is -0.441. The number of rotatable bonds is 3. The third-order valence-corrected chi connectivity index (χ3v) is 4.78. The van der Waals surface area contributed by atoms with E-state index in [9.17, 15) is 0 Å². The van der Waals surface area contributed by atoms with Crippen LogP contribution in [0.1, 0.15) is 17.3 Å². The first-order valence-electron chi connectivity index (χ1n) is 5.19. The molecule has 3 nitrogen and oxygen atoms in total. The van der Waals surface area contributed by atoms with Gasteiger partial charge in [0.05, 0.1) is 0 Å². The van der Waals surface area contributed by atoms with Crippen LogP contribution in [0.25, 0.3) is 0 Å². The Morgan fingerprint density at radius 3 is 1.29 bits per heavy atom. The van der Waals surface area contributed by atoms with E-state index in [-0.39, 0.29) is 0 Å². The summed E-state index contributed by atoms with van der Waals surface area (Å²) in [4.78, 5) is 0. The van der Waals surface area contributed by atoms with E-state index in [0.717, 1.165) is 17.3 Å². The molecule has 83 valence electrons. The van der Waals surface area contributed by atoms with Crippen LogP contribution in [0.3, 0.4) is 0 Å². The Bertz CT molecular complexity index is 480. The van der Waals surface area contributed by atoms with Crippen molar-refractivity contribution < 1.29 is 13.3 Å². The van der Waals surface area contributed by atoms with Crippen LogP contribution in [0.4, 0.5) is 0 Å². The van der Waals surface area contributed by atoms with E-state index >= 15 is 0 Å². The first kappa shape index (κ1) is 10.8. The Morgan fingerprint density at radius 2 is 1.06 bits per heavy atom. The van der Waals surface area contributed by atoms with Gasteiger partial charge in [-0.2, -0.15) is 0 Å². The van der Waals surface area contributed by atoms with Crippen molar-refractivity contribution in [2.24, 2.45) is 0 Å². The summed E-state index contributed by atoms with van der Waals surface area (Å²) in [7, 11) is 0. The molecule has 0 spiro atoms. The molecule has 3 aromatic heterocycles. The third kappa shape index (κ3) is 1.65. The van der Waals surface area contributed by atoms with Crippen LogP contribution in [-0.2, 0) is 3.43 Å². The normalized spacial score (nSPS) is 11.8. The predicted octanol–water partition coefficient (Wildman–Crippen LogP) is 2.93. The van der Waals surface area contributed by atoms with Crippen molar-refractivity contribution in [3.05, 3.63) is 72.5 Å². The van der Waals surface area contributed by atoms with E-state index in [4.69, 9.17) is 13.3 Å². The van der Waals surface area contributed by atoms with Crippen molar-refractivity contribution in [3.63, 3.8) is 0 Å². The molecule has 0 atom stereocenters. The van der Waals surface area contributed by atoms with E-state index in [2.05, 4.69) is 0 Å². The van der Waals surface area contributed by atoms with Gasteiger partial charge in [0.15, 0.2) is 0 Å². The molecule has 0 saturated carbocycles. The SMILES string of the molecule is [Sn][C](c1ccco1)(c1ccco1)c1ccco1. The van der Waals surface area contributed by atoms with E-state index in [1.807, 2.05) is 36.4 Å². The molecule has 0 aromatic carbocycles. The average molecular weight is 332 g/mol. The van der Waals surface area contributed by atoms with Gasteiger partial charge in [0.1, 0.15) is 0 Å². The summed E-state index contributed by atoms with van der Waals surface area (Å²) in [5.74, 6) is 2.50. The molecule has 0 N–H and O–H groups in total. The van der Waals surface area contributed by atoms with Crippen LogP contribution in [0.5, 0.6) is 0 Å². The van der Waals surface area contributed by atoms with Gasteiger partial charge in [-0.05, 0) is 0 Å². The molecule has 0 aliphatic carbocycles. The fourth-order valence-electron chi connectivity index (χ4n) is 1.84. The second-order valence-corrected chi connectivity index (χ2v) is 5.82. The van der Waals surface area contributed by atoms with Crippen LogP contribution < -0.4 is 0 Å². The Morgan fingerprint density at radius 1 is 0.706 bits per heavy atom. The molecule has 4 heteroatoms. The molecule has 3 aromatic rings. The zero-order chi connectivity index (χ0) is 11.7. The molecular weight excluding hydrogens is 323 g/mol. The topological polar surface area (TPSA) is 39.4 Å². The standard InChI is InChI=1S/C13H9O3.Sn/c1-4-10(14-7-1)13(11-5-2-8-15-11)12-6-3-9-16-12;/h1-9H;. The Kier molecular flexibility index (Phi) is 2.62. The summed E-state index contributed by atoms with van der Waals surface area (Å²) in [6.07, 6.45) is 5.00. The Balaban J connectivity index is 2.21. The maximum atomic E-state index is 5.55. The summed E-state index contributed by atoms with van der Waals surface area (Å²) in [6, 6.07) is 11.5. The molecule has 0 aliphatic rings. The first-order valence-corrected chi connectivity index (χ1v) is 6.61. The van der Waals surface area contributed by atoms with Crippen LogP contribution >= 0.6 is 0 Å². The average Bonchev–Trinajstić information content (AvgIpc) is 3.10. The number of hydrogen-bond donors (Lipinski definition) is 0. The first-order chi connectivity index (χ1) is 8.32. The zero-order valence-corrected chi connectivity index (χ0v) is 11.8. The predicted molar refractivity (Wildman–Crippen MR) is 61.8 cm³/mol. The number of furan rings is 3. The van der Waals surface area contributed by atoms with Crippen molar-refractivity contribution in [3.8, 4) is 0 Å². The van der Waals surface area contributed by atoms with Crippen molar-refractivity contribution in [2.75, 3.05) is 0 Å². The Hall–Kier alpha value is -1.36. The molecule has 0 bridgehead atoms. The van der Waals surface area contributed by atoms with Crippen molar-refractivity contribution in [2.45, 2.75) is 3.43 Å².